The summed E-state index contributed by atoms with van der Waals surface area (Å²) in [5, 5.41) is 6.80. The minimum atomic E-state index is 0.107. The number of carbonyl (C=O) groups excluding carboxylic acids is 1. The van der Waals surface area contributed by atoms with Gasteiger partial charge in [-0.1, -0.05) is 26.2 Å². The van der Waals surface area contributed by atoms with E-state index in [-0.39, 0.29) is 6.04 Å². The predicted molar refractivity (Wildman–Crippen MR) is 81.4 cm³/mol. The van der Waals surface area contributed by atoms with Crippen molar-refractivity contribution in [1.29, 1.82) is 0 Å². The fourth-order valence-corrected chi connectivity index (χ4v) is 4.77. The van der Waals surface area contributed by atoms with Crippen LogP contribution in [0.4, 0.5) is 0 Å². The molecule has 0 spiro atoms. The maximum absolute atomic E-state index is 12.5. The molecule has 0 aromatic heterocycles. The third kappa shape index (κ3) is 3.03. The summed E-state index contributed by atoms with van der Waals surface area (Å²) in [6.45, 7) is 3.34. The molecule has 1 aliphatic heterocycles. The molecule has 3 aliphatic rings. The summed E-state index contributed by atoms with van der Waals surface area (Å²) in [5.74, 6) is 2.59. The van der Waals surface area contributed by atoms with Gasteiger partial charge in [-0.05, 0) is 62.8 Å². The molecule has 0 bridgehead atoms. The summed E-state index contributed by atoms with van der Waals surface area (Å²) in [6.07, 6.45) is 11.6. The standard InChI is InChI=1S/C17H30N2O/c1-2-4-12-7-9-14(10-8-12)19-17(20)16-15-6-3-5-13(15)11-18-16/h12-16,18H,2-11H2,1H3,(H,19,20). The number of fused-ring (bicyclic) bond motifs is 1. The minimum absolute atomic E-state index is 0.107. The molecule has 2 saturated carbocycles. The fraction of sp³-hybridized carbons (Fsp3) is 0.941. The second-order valence-electron chi connectivity index (χ2n) is 7.26. The normalized spacial score (nSPS) is 40.5. The van der Waals surface area contributed by atoms with Crippen LogP contribution in [-0.4, -0.2) is 24.5 Å². The first-order valence-electron chi connectivity index (χ1n) is 8.81. The van der Waals surface area contributed by atoms with E-state index in [1.54, 1.807) is 0 Å². The van der Waals surface area contributed by atoms with Crippen LogP contribution >= 0.6 is 0 Å². The Labute approximate surface area is 123 Å². The van der Waals surface area contributed by atoms with E-state index in [9.17, 15) is 4.79 Å². The first-order valence-corrected chi connectivity index (χ1v) is 8.81. The zero-order valence-electron chi connectivity index (χ0n) is 12.9. The lowest BCUT2D eigenvalue weighted by Crippen LogP contribution is -2.48. The number of hydrogen-bond donors (Lipinski definition) is 2. The van der Waals surface area contributed by atoms with Gasteiger partial charge in [-0.2, -0.15) is 0 Å². The topological polar surface area (TPSA) is 41.1 Å². The fourth-order valence-electron chi connectivity index (χ4n) is 4.77. The second-order valence-corrected chi connectivity index (χ2v) is 7.26. The Bertz CT molecular complexity index is 336. The molecule has 1 saturated heterocycles. The lowest BCUT2D eigenvalue weighted by Gasteiger charge is -2.30. The van der Waals surface area contributed by atoms with Crippen LogP contribution in [0.1, 0.15) is 64.7 Å². The molecule has 0 aromatic carbocycles. The largest absolute Gasteiger partial charge is 0.352 e. The molecule has 1 heterocycles. The zero-order chi connectivity index (χ0) is 13.9. The van der Waals surface area contributed by atoms with Gasteiger partial charge < -0.3 is 10.6 Å². The molecule has 1 amide bonds. The van der Waals surface area contributed by atoms with Gasteiger partial charge in [-0.25, -0.2) is 0 Å². The van der Waals surface area contributed by atoms with Crippen molar-refractivity contribution in [3.8, 4) is 0 Å². The number of carbonyl (C=O) groups is 1. The Morgan fingerprint density at radius 3 is 2.70 bits per heavy atom. The van der Waals surface area contributed by atoms with Crippen LogP contribution in [0.25, 0.3) is 0 Å². The van der Waals surface area contributed by atoms with E-state index in [2.05, 4.69) is 17.6 Å². The van der Waals surface area contributed by atoms with E-state index in [1.165, 1.54) is 57.8 Å². The van der Waals surface area contributed by atoms with Crippen LogP contribution in [0.15, 0.2) is 0 Å². The first kappa shape index (κ1) is 14.4. The van der Waals surface area contributed by atoms with Crippen molar-refractivity contribution in [1.82, 2.24) is 10.6 Å². The second kappa shape index (κ2) is 6.46. The smallest absolute Gasteiger partial charge is 0.237 e. The molecule has 2 aliphatic carbocycles. The van der Waals surface area contributed by atoms with E-state index in [0.29, 0.717) is 17.9 Å². The van der Waals surface area contributed by atoms with Crippen LogP contribution in [0.2, 0.25) is 0 Å². The van der Waals surface area contributed by atoms with Crippen molar-refractivity contribution < 1.29 is 4.79 Å². The molecule has 3 nitrogen and oxygen atoms in total. The molecule has 2 N–H and O–H groups in total. The number of amides is 1. The summed E-state index contributed by atoms with van der Waals surface area (Å²) in [5.41, 5.74) is 0. The summed E-state index contributed by atoms with van der Waals surface area (Å²) >= 11 is 0. The van der Waals surface area contributed by atoms with Crippen molar-refractivity contribution in [3.63, 3.8) is 0 Å². The maximum atomic E-state index is 12.5. The third-order valence-electron chi connectivity index (χ3n) is 5.92. The van der Waals surface area contributed by atoms with Gasteiger partial charge in [-0.15, -0.1) is 0 Å². The Balaban J connectivity index is 1.45. The monoisotopic (exact) mass is 278 g/mol. The molecule has 0 aromatic rings. The Kier molecular flexibility index (Phi) is 4.65. The van der Waals surface area contributed by atoms with Gasteiger partial charge in [0.25, 0.3) is 0 Å². The lowest BCUT2D eigenvalue weighted by atomic mass is 9.83. The molecule has 3 heteroatoms. The predicted octanol–water partition coefficient (Wildman–Crippen LogP) is 2.85. The Morgan fingerprint density at radius 2 is 1.95 bits per heavy atom. The summed E-state index contributed by atoms with van der Waals surface area (Å²) in [6, 6.07) is 0.550. The molecule has 114 valence electrons. The molecule has 3 atom stereocenters. The van der Waals surface area contributed by atoms with E-state index < -0.39 is 0 Å². The first-order chi connectivity index (χ1) is 9.78. The molecule has 3 rings (SSSR count). The third-order valence-corrected chi connectivity index (χ3v) is 5.92. The number of rotatable bonds is 4. The Morgan fingerprint density at radius 1 is 1.15 bits per heavy atom. The van der Waals surface area contributed by atoms with E-state index in [4.69, 9.17) is 0 Å². The zero-order valence-corrected chi connectivity index (χ0v) is 12.9. The lowest BCUT2D eigenvalue weighted by molar-refractivity contribution is -0.124. The van der Waals surface area contributed by atoms with Crippen LogP contribution in [0, 0.1) is 17.8 Å². The quantitative estimate of drug-likeness (QED) is 0.830. The molecule has 3 fully saturated rings. The average molecular weight is 278 g/mol. The van der Waals surface area contributed by atoms with Gasteiger partial charge in [-0.3, -0.25) is 4.79 Å². The van der Waals surface area contributed by atoms with Gasteiger partial charge in [0.2, 0.25) is 5.91 Å². The van der Waals surface area contributed by atoms with Crippen molar-refractivity contribution in [3.05, 3.63) is 0 Å². The molecular formula is C17H30N2O. The average Bonchev–Trinajstić information content (AvgIpc) is 3.03. The highest BCUT2D eigenvalue weighted by atomic mass is 16.2. The van der Waals surface area contributed by atoms with Crippen molar-refractivity contribution in [2.75, 3.05) is 6.54 Å². The van der Waals surface area contributed by atoms with Crippen molar-refractivity contribution in [2.45, 2.75) is 76.8 Å². The summed E-state index contributed by atoms with van der Waals surface area (Å²) in [4.78, 5) is 12.5. The number of nitrogens with one attached hydrogen (secondary N) is 2. The highest BCUT2D eigenvalue weighted by molar-refractivity contribution is 5.82. The van der Waals surface area contributed by atoms with Crippen LogP contribution in [0.3, 0.4) is 0 Å². The molecule has 0 radical (unpaired) electrons. The Hall–Kier alpha value is -0.570. The van der Waals surface area contributed by atoms with E-state index in [1.807, 2.05) is 0 Å². The van der Waals surface area contributed by atoms with Gasteiger partial charge >= 0.3 is 0 Å². The van der Waals surface area contributed by atoms with Crippen LogP contribution in [-0.2, 0) is 4.79 Å². The SMILES string of the molecule is CCCC1CCC(NC(=O)C2NCC3CCCC32)CC1. The summed E-state index contributed by atoms with van der Waals surface area (Å²) in [7, 11) is 0. The van der Waals surface area contributed by atoms with Crippen molar-refractivity contribution in [2.24, 2.45) is 17.8 Å². The van der Waals surface area contributed by atoms with Gasteiger partial charge in [0.05, 0.1) is 6.04 Å². The highest BCUT2D eigenvalue weighted by Gasteiger charge is 2.42. The van der Waals surface area contributed by atoms with Gasteiger partial charge in [0, 0.05) is 6.04 Å². The highest BCUT2D eigenvalue weighted by Crippen LogP contribution is 2.38. The van der Waals surface area contributed by atoms with E-state index >= 15 is 0 Å². The van der Waals surface area contributed by atoms with Crippen LogP contribution < -0.4 is 10.6 Å². The molecule has 20 heavy (non-hydrogen) atoms. The molecule has 3 unspecified atom stereocenters. The van der Waals surface area contributed by atoms with Crippen LogP contribution in [0.5, 0.6) is 0 Å². The van der Waals surface area contributed by atoms with Crippen molar-refractivity contribution >= 4 is 5.91 Å². The number of hydrogen-bond acceptors (Lipinski definition) is 2. The summed E-state index contributed by atoms with van der Waals surface area (Å²) < 4.78 is 0. The minimum Gasteiger partial charge on any atom is -0.352 e. The van der Waals surface area contributed by atoms with Gasteiger partial charge in [0.1, 0.15) is 0 Å². The van der Waals surface area contributed by atoms with E-state index in [0.717, 1.165) is 18.4 Å². The maximum Gasteiger partial charge on any atom is 0.237 e. The van der Waals surface area contributed by atoms with Gasteiger partial charge in [0.15, 0.2) is 0 Å². The molecular weight excluding hydrogens is 248 g/mol.